The molecule has 2 aliphatic rings. The van der Waals surface area contributed by atoms with Crippen molar-refractivity contribution in [3.05, 3.63) is 30.1 Å². The van der Waals surface area contributed by atoms with Gasteiger partial charge in [-0.2, -0.15) is 23.3 Å². The number of rotatable bonds is 1. The molecule has 3 rings (SSSR count). The summed E-state index contributed by atoms with van der Waals surface area (Å²) in [5, 5.41) is 14.6. The van der Waals surface area contributed by atoms with E-state index in [-0.39, 0.29) is 28.6 Å². The molecule has 5 nitrogen and oxygen atoms in total. The Balaban J connectivity index is 2.07. The predicted molar refractivity (Wildman–Crippen MR) is 75.4 cm³/mol. The van der Waals surface area contributed by atoms with E-state index in [0.29, 0.717) is 12.8 Å². The maximum Gasteiger partial charge on any atom is 0.439 e. The van der Waals surface area contributed by atoms with Crippen molar-refractivity contribution in [2.75, 3.05) is 0 Å². The van der Waals surface area contributed by atoms with Crippen molar-refractivity contribution in [3.63, 3.8) is 0 Å². The Kier molecular flexibility index (Phi) is 3.66. The fourth-order valence-electron chi connectivity index (χ4n) is 3.32. The molecule has 1 amide bonds. The van der Waals surface area contributed by atoms with Gasteiger partial charge < -0.3 is 5.11 Å². The molecule has 2 heterocycles. The molecule has 1 aliphatic heterocycles. The number of aromatic nitrogens is 1. The minimum atomic E-state index is -5.00. The van der Waals surface area contributed by atoms with Crippen LogP contribution >= 0.6 is 0 Å². The van der Waals surface area contributed by atoms with E-state index in [2.05, 4.69) is 10.1 Å². The first-order valence-corrected chi connectivity index (χ1v) is 7.39. The van der Waals surface area contributed by atoms with Crippen molar-refractivity contribution < 1.29 is 23.1 Å². The third kappa shape index (κ3) is 2.32. The van der Waals surface area contributed by atoms with Gasteiger partial charge in [0.05, 0.1) is 5.92 Å². The van der Waals surface area contributed by atoms with Crippen molar-refractivity contribution in [3.8, 4) is 0 Å². The zero-order chi connectivity index (χ0) is 16.8. The van der Waals surface area contributed by atoms with Crippen molar-refractivity contribution in [1.82, 2.24) is 9.99 Å². The quantitative estimate of drug-likeness (QED) is 0.862. The van der Waals surface area contributed by atoms with E-state index >= 15 is 0 Å². The Hall–Kier alpha value is -1.96. The van der Waals surface area contributed by atoms with Crippen molar-refractivity contribution >= 4 is 11.6 Å². The van der Waals surface area contributed by atoms with Gasteiger partial charge in [-0.05, 0) is 30.9 Å². The van der Waals surface area contributed by atoms with Crippen LogP contribution in [0.4, 0.5) is 13.2 Å². The third-order valence-corrected chi connectivity index (χ3v) is 4.55. The van der Waals surface area contributed by atoms with Gasteiger partial charge in [-0.3, -0.25) is 9.78 Å². The van der Waals surface area contributed by atoms with E-state index in [9.17, 15) is 23.1 Å². The highest BCUT2D eigenvalue weighted by molar-refractivity contribution is 5.99. The molecular formula is C15H16F3N3O2. The summed E-state index contributed by atoms with van der Waals surface area (Å²) in [7, 11) is 0. The number of carbonyl (C=O) groups excluding carboxylic acids is 1. The highest BCUT2D eigenvalue weighted by Gasteiger charge is 2.69. The molecule has 0 radical (unpaired) electrons. The fourth-order valence-corrected chi connectivity index (χ4v) is 3.32. The van der Waals surface area contributed by atoms with Gasteiger partial charge in [0, 0.05) is 23.7 Å². The Morgan fingerprint density at radius 2 is 2.00 bits per heavy atom. The van der Waals surface area contributed by atoms with Crippen LogP contribution in [0.25, 0.3) is 0 Å². The van der Waals surface area contributed by atoms with Crippen LogP contribution < -0.4 is 0 Å². The molecule has 0 saturated heterocycles. The van der Waals surface area contributed by atoms with Crippen LogP contribution in [0.1, 0.15) is 36.5 Å². The first-order valence-electron chi connectivity index (χ1n) is 7.39. The van der Waals surface area contributed by atoms with E-state index < -0.39 is 23.7 Å². The second kappa shape index (κ2) is 5.30. The molecule has 1 fully saturated rings. The molecule has 1 aliphatic carbocycles. The number of pyridine rings is 1. The Morgan fingerprint density at radius 3 is 2.61 bits per heavy atom. The van der Waals surface area contributed by atoms with Crippen LogP contribution in [0.5, 0.6) is 0 Å². The minimum Gasteiger partial charge on any atom is -0.362 e. The lowest BCUT2D eigenvalue weighted by atomic mass is 9.75. The molecule has 0 spiro atoms. The number of alkyl halides is 3. The summed E-state index contributed by atoms with van der Waals surface area (Å²) in [5.41, 5.74) is -3.05. The van der Waals surface area contributed by atoms with E-state index in [0.717, 1.165) is 0 Å². The average molecular weight is 327 g/mol. The molecule has 124 valence electrons. The lowest BCUT2D eigenvalue weighted by Gasteiger charge is -2.39. The first kappa shape index (κ1) is 15.9. The summed E-state index contributed by atoms with van der Waals surface area (Å²) >= 11 is 0. The van der Waals surface area contributed by atoms with E-state index in [1.54, 1.807) is 6.92 Å². The molecule has 0 aromatic carbocycles. The average Bonchev–Trinajstić information content (AvgIpc) is 2.83. The van der Waals surface area contributed by atoms with Gasteiger partial charge in [0.25, 0.3) is 11.6 Å². The number of hydrazone groups is 1. The molecule has 0 unspecified atom stereocenters. The Bertz CT molecular complexity index is 647. The third-order valence-electron chi connectivity index (χ3n) is 4.55. The smallest absolute Gasteiger partial charge is 0.362 e. The molecule has 1 aromatic rings. The Labute approximate surface area is 130 Å². The topological polar surface area (TPSA) is 65.8 Å². The monoisotopic (exact) mass is 327 g/mol. The van der Waals surface area contributed by atoms with Gasteiger partial charge in [0.1, 0.15) is 0 Å². The number of carbonyl (C=O) groups is 1. The number of fused-ring (bicyclic) bond motifs is 1. The van der Waals surface area contributed by atoms with Gasteiger partial charge in [-0.25, -0.2) is 0 Å². The van der Waals surface area contributed by atoms with Crippen LogP contribution in [-0.2, 0) is 0 Å². The summed E-state index contributed by atoms with van der Waals surface area (Å²) < 4.78 is 40.9. The Morgan fingerprint density at radius 1 is 1.35 bits per heavy atom. The van der Waals surface area contributed by atoms with Gasteiger partial charge >= 0.3 is 6.18 Å². The van der Waals surface area contributed by atoms with E-state index in [4.69, 9.17) is 0 Å². The van der Waals surface area contributed by atoms with Crippen molar-refractivity contribution in [2.24, 2.45) is 16.9 Å². The molecule has 1 N–H and O–H groups in total. The summed E-state index contributed by atoms with van der Waals surface area (Å²) in [6.45, 7) is 1.77. The lowest BCUT2D eigenvalue weighted by molar-refractivity contribution is -0.312. The van der Waals surface area contributed by atoms with Gasteiger partial charge in [0.15, 0.2) is 0 Å². The predicted octanol–water partition coefficient (Wildman–Crippen LogP) is 2.58. The molecule has 1 saturated carbocycles. The van der Waals surface area contributed by atoms with Gasteiger partial charge in [-0.1, -0.05) is 13.3 Å². The zero-order valence-electron chi connectivity index (χ0n) is 12.4. The zero-order valence-corrected chi connectivity index (χ0v) is 12.4. The number of nitrogens with zero attached hydrogens (tertiary/aromatic N) is 3. The van der Waals surface area contributed by atoms with Crippen LogP contribution in [0.2, 0.25) is 0 Å². The highest BCUT2D eigenvalue weighted by atomic mass is 19.4. The number of amides is 1. The minimum absolute atomic E-state index is 0.00155. The van der Waals surface area contributed by atoms with Gasteiger partial charge in [-0.15, -0.1) is 0 Å². The second-order valence-electron chi connectivity index (χ2n) is 5.99. The van der Waals surface area contributed by atoms with E-state index in [1.165, 1.54) is 24.5 Å². The summed E-state index contributed by atoms with van der Waals surface area (Å²) in [6, 6.07) is 2.59. The molecule has 0 bridgehead atoms. The van der Waals surface area contributed by atoms with Crippen LogP contribution in [0.3, 0.4) is 0 Å². The first-order chi connectivity index (χ1) is 10.8. The fraction of sp³-hybridized carbons (Fsp3) is 0.533. The normalized spacial score (nSPS) is 30.8. The number of hydrogen-bond acceptors (Lipinski definition) is 4. The number of halogens is 3. The number of hydrogen-bond donors (Lipinski definition) is 1. The largest absolute Gasteiger partial charge is 0.439 e. The molecule has 1 aromatic heterocycles. The summed E-state index contributed by atoms with van der Waals surface area (Å²) in [4.78, 5) is 16.2. The maximum absolute atomic E-state index is 13.6. The van der Waals surface area contributed by atoms with Crippen molar-refractivity contribution in [1.29, 1.82) is 0 Å². The van der Waals surface area contributed by atoms with Gasteiger partial charge in [0.2, 0.25) is 0 Å². The van der Waals surface area contributed by atoms with Crippen LogP contribution in [-0.4, -0.2) is 38.6 Å². The van der Waals surface area contributed by atoms with E-state index in [1.807, 2.05) is 0 Å². The second-order valence-corrected chi connectivity index (χ2v) is 5.99. The standard InChI is InChI=1S/C15H16F3N3O2/c1-9-3-2-4-11-12(9)20-21(14(11,23)15(16,17)18)13(22)10-5-7-19-8-6-10/h5-9,11,23H,2-4H2,1H3/t9-,11-,14+/m1/s1. The maximum atomic E-state index is 13.6. The van der Waals surface area contributed by atoms with Crippen molar-refractivity contribution in [2.45, 2.75) is 38.1 Å². The van der Waals surface area contributed by atoms with Crippen LogP contribution in [0.15, 0.2) is 29.6 Å². The molecule has 23 heavy (non-hydrogen) atoms. The highest BCUT2D eigenvalue weighted by Crippen LogP contribution is 2.49. The van der Waals surface area contributed by atoms with Crippen LogP contribution in [0, 0.1) is 11.8 Å². The number of aliphatic hydroxyl groups is 1. The molecule has 8 heteroatoms. The summed E-state index contributed by atoms with van der Waals surface area (Å²) in [5.74, 6) is -2.39. The lowest BCUT2D eigenvalue weighted by Crippen LogP contribution is -2.61. The summed E-state index contributed by atoms with van der Waals surface area (Å²) in [6.07, 6.45) is -0.986. The molecule has 3 atom stereocenters. The SMILES string of the molecule is C[C@@H]1CCC[C@@H]2C1=NN(C(=O)c1ccncc1)[C@@]2(O)C(F)(F)F. The molecular weight excluding hydrogens is 311 g/mol.